The molecule has 0 heterocycles. The minimum Gasteiger partial charge on any atom is -0.457 e. The van der Waals surface area contributed by atoms with Crippen LogP contribution in [0.15, 0.2) is 53.4 Å². The summed E-state index contributed by atoms with van der Waals surface area (Å²) in [5.41, 5.74) is 0.497. The number of carbonyl (C=O) groups excluding carboxylic acids is 1. The fourth-order valence-electron chi connectivity index (χ4n) is 1.56. The van der Waals surface area contributed by atoms with E-state index in [0.29, 0.717) is 17.1 Å². The number of carbonyl (C=O) groups is 1. The largest absolute Gasteiger partial charge is 0.457 e. The topological polar surface area (TPSA) is 60.4 Å². The average molecular weight is 276 g/mol. The highest BCUT2D eigenvalue weighted by Gasteiger charge is 2.08. The van der Waals surface area contributed by atoms with Crippen LogP contribution in [-0.4, -0.2) is 21.0 Å². The average Bonchev–Trinajstić information content (AvgIpc) is 2.38. The Labute approximate surface area is 111 Å². The molecular formula is C14H12O4S. The van der Waals surface area contributed by atoms with E-state index in [1.807, 2.05) is 0 Å². The lowest BCUT2D eigenvalue weighted by Gasteiger charge is -2.07. The van der Waals surface area contributed by atoms with Crippen molar-refractivity contribution in [2.75, 3.05) is 6.26 Å². The molecule has 0 spiro atoms. The van der Waals surface area contributed by atoms with Gasteiger partial charge in [-0.2, -0.15) is 0 Å². The van der Waals surface area contributed by atoms with Gasteiger partial charge in [-0.1, -0.05) is 18.2 Å². The first-order chi connectivity index (χ1) is 8.99. The number of sulfone groups is 1. The molecular weight excluding hydrogens is 264 g/mol. The Hall–Kier alpha value is -2.14. The van der Waals surface area contributed by atoms with Crippen LogP contribution in [-0.2, 0) is 9.84 Å². The highest BCUT2D eigenvalue weighted by Crippen LogP contribution is 2.24. The lowest BCUT2D eigenvalue weighted by atomic mass is 10.2. The van der Waals surface area contributed by atoms with Gasteiger partial charge in [-0.15, -0.1) is 0 Å². The normalized spacial score (nSPS) is 11.0. The van der Waals surface area contributed by atoms with E-state index >= 15 is 0 Å². The molecule has 0 bridgehead atoms. The van der Waals surface area contributed by atoms with Crippen LogP contribution < -0.4 is 4.74 Å². The van der Waals surface area contributed by atoms with Crippen molar-refractivity contribution in [3.8, 4) is 11.5 Å². The van der Waals surface area contributed by atoms with Gasteiger partial charge in [-0.05, 0) is 30.3 Å². The van der Waals surface area contributed by atoms with Crippen molar-refractivity contribution in [1.29, 1.82) is 0 Å². The molecule has 0 fully saturated rings. The molecule has 5 heteroatoms. The first-order valence-corrected chi connectivity index (χ1v) is 7.41. The van der Waals surface area contributed by atoms with Gasteiger partial charge in [0.2, 0.25) is 0 Å². The van der Waals surface area contributed by atoms with E-state index in [0.717, 1.165) is 12.5 Å². The minimum absolute atomic E-state index is 0.191. The molecule has 19 heavy (non-hydrogen) atoms. The Bertz CT molecular complexity index is 705. The van der Waals surface area contributed by atoms with Crippen LogP contribution >= 0.6 is 0 Å². The zero-order chi connectivity index (χ0) is 13.9. The molecule has 0 N–H and O–H groups in total. The van der Waals surface area contributed by atoms with Crippen LogP contribution in [0, 0.1) is 0 Å². The summed E-state index contributed by atoms with van der Waals surface area (Å²) in [6, 6.07) is 12.8. The van der Waals surface area contributed by atoms with Gasteiger partial charge in [0.25, 0.3) is 0 Å². The molecule has 2 aromatic carbocycles. The second kappa shape index (κ2) is 5.24. The first-order valence-electron chi connectivity index (χ1n) is 5.52. The van der Waals surface area contributed by atoms with Crippen molar-refractivity contribution in [3.63, 3.8) is 0 Å². The molecule has 0 radical (unpaired) electrons. The SMILES string of the molecule is CS(=O)(=O)c1cccc(Oc2cccc(C=O)c2)c1. The third kappa shape index (κ3) is 3.42. The maximum Gasteiger partial charge on any atom is 0.175 e. The molecule has 0 saturated carbocycles. The Kier molecular flexibility index (Phi) is 3.66. The predicted octanol–water partition coefficient (Wildman–Crippen LogP) is 2.69. The van der Waals surface area contributed by atoms with Crippen LogP contribution in [0.25, 0.3) is 0 Å². The fourth-order valence-corrected chi connectivity index (χ4v) is 2.21. The monoisotopic (exact) mass is 276 g/mol. The molecule has 4 nitrogen and oxygen atoms in total. The number of ether oxygens (including phenoxy) is 1. The summed E-state index contributed by atoms with van der Waals surface area (Å²) in [5.74, 6) is 0.890. The highest BCUT2D eigenvalue weighted by molar-refractivity contribution is 7.90. The van der Waals surface area contributed by atoms with Crippen molar-refractivity contribution < 1.29 is 17.9 Å². The zero-order valence-corrected chi connectivity index (χ0v) is 11.1. The molecule has 0 aliphatic rings. The summed E-state index contributed by atoms with van der Waals surface area (Å²) in [4.78, 5) is 10.9. The first kappa shape index (κ1) is 13.3. The summed E-state index contributed by atoms with van der Waals surface area (Å²) in [5, 5.41) is 0. The van der Waals surface area contributed by atoms with Crippen molar-refractivity contribution in [2.24, 2.45) is 0 Å². The number of rotatable bonds is 4. The standard InChI is InChI=1S/C14H12O4S/c1-19(16,17)14-7-3-6-13(9-14)18-12-5-2-4-11(8-12)10-15/h2-10H,1H3. The van der Waals surface area contributed by atoms with Gasteiger partial charge in [-0.25, -0.2) is 8.42 Å². The Morgan fingerprint density at radius 3 is 2.26 bits per heavy atom. The summed E-state index contributed by atoms with van der Waals surface area (Å²) < 4.78 is 28.4. The molecule has 2 rings (SSSR count). The Morgan fingerprint density at radius 1 is 1.00 bits per heavy atom. The molecule has 2 aromatic rings. The molecule has 0 saturated heterocycles. The lowest BCUT2D eigenvalue weighted by Crippen LogP contribution is -1.97. The quantitative estimate of drug-likeness (QED) is 0.805. The maximum atomic E-state index is 11.4. The smallest absolute Gasteiger partial charge is 0.175 e. The Balaban J connectivity index is 2.31. The lowest BCUT2D eigenvalue weighted by molar-refractivity contribution is 0.112. The highest BCUT2D eigenvalue weighted by atomic mass is 32.2. The van der Waals surface area contributed by atoms with Gasteiger partial charge in [-0.3, -0.25) is 4.79 Å². The second-order valence-corrected chi connectivity index (χ2v) is 6.06. The van der Waals surface area contributed by atoms with Crippen LogP contribution in [0.3, 0.4) is 0 Å². The number of hydrogen-bond donors (Lipinski definition) is 0. The Morgan fingerprint density at radius 2 is 1.63 bits per heavy atom. The summed E-state index contributed by atoms with van der Waals surface area (Å²) in [7, 11) is -3.27. The van der Waals surface area contributed by atoms with Crippen LogP contribution in [0.2, 0.25) is 0 Å². The van der Waals surface area contributed by atoms with Gasteiger partial charge in [0.05, 0.1) is 4.90 Å². The minimum atomic E-state index is -3.27. The molecule has 0 aromatic heterocycles. The van der Waals surface area contributed by atoms with Crippen LogP contribution in [0.1, 0.15) is 10.4 Å². The van der Waals surface area contributed by atoms with Crippen molar-refractivity contribution in [1.82, 2.24) is 0 Å². The third-order valence-electron chi connectivity index (χ3n) is 2.46. The van der Waals surface area contributed by atoms with E-state index in [1.165, 1.54) is 12.1 Å². The van der Waals surface area contributed by atoms with E-state index in [1.54, 1.807) is 36.4 Å². The van der Waals surface area contributed by atoms with Crippen LogP contribution in [0.4, 0.5) is 0 Å². The van der Waals surface area contributed by atoms with E-state index < -0.39 is 9.84 Å². The maximum absolute atomic E-state index is 11.4. The number of aldehydes is 1. The summed E-state index contributed by atoms with van der Waals surface area (Å²) in [6.07, 6.45) is 1.86. The van der Waals surface area contributed by atoms with Gasteiger partial charge < -0.3 is 4.74 Å². The molecule has 98 valence electrons. The summed E-state index contributed by atoms with van der Waals surface area (Å²) in [6.45, 7) is 0. The molecule has 0 unspecified atom stereocenters. The predicted molar refractivity (Wildman–Crippen MR) is 71.5 cm³/mol. The van der Waals surface area contributed by atoms with E-state index in [9.17, 15) is 13.2 Å². The molecule has 0 atom stereocenters. The van der Waals surface area contributed by atoms with E-state index in [-0.39, 0.29) is 4.90 Å². The van der Waals surface area contributed by atoms with Crippen molar-refractivity contribution in [2.45, 2.75) is 4.90 Å². The third-order valence-corrected chi connectivity index (χ3v) is 3.57. The van der Waals surface area contributed by atoms with E-state index in [2.05, 4.69) is 0 Å². The van der Waals surface area contributed by atoms with Crippen molar-refractivity contribution in [3.05, 3.63) is 54.1 Å². The molecule has 0 aliphatic heterocycles. The van der Waals surface area contributed by atoms with E-state index in [4.69, 9.17) is 4.74 Å². The van der Waals surface area contributed by atoms with Crippen LogP contribution in [0.5, 0.6) is 11.5 Å². The van der Waals surface area contributed by atoms with Gasteiger partial charge in [0.1, 0.15) is 17.8 Å². The number of hydrogen-bond acceptors (Lipinski definition) is 4. The van der Waals surface area contributed by atoms with Gasteiger partial charge >= 0.3 is 0 Å². The molecule has 0 amide bonds. The molecule has 0 aliphatic carbocycles. The zero-order valence-electron chi connectivity index (χ0n) is 10.2. The van der Waals surface area contributed by atoms with Gasteiger partial charge in [0, 0.05) is 11.8 Å². The number of benzene rings is 2. The summed E-state index contributed by atoms with van der Waals surface area (Å²) >= 11 is 0. The van der Waals surface area contributed by atoms with Crippen molar-refractivity contribution >= 4 is 16.1 Å². The fraction of sp³-hybridized carbons (Fsp3) is 0.0714. The van der Waals surface area contributed by atoms with Gasteiger partial charge in [0.15, 0.2) is 9.84 Å². The second-order valence-electron chi connectivity index (χ2n) is 4.04.